The first-order chi connectivity index (χ1) is 18.4. The smallest absolute Gasteiger partial charge is 0.418 e. The quantitative estimate of drug-likeness (QED) is 0.322. The van der Waals surface area contributed by atoms with Gasteiger partial charge in [-0.05, 0) is 31.0 Å². The number of hydrogen-bond acceptors (Lipinski definition) is 9. The van der Waals surface area contributed by atoms with E-state index in [9.17, 15) is 26.2 Å². The van der Waals surface area contributed by atoms with Crippen LogP contribution in [0.4, 0.5) is 30.6 Å². The van der Waals surface area contributed by atoms with Crippen molar-refractivity contribution in [3.8, 4) is 5.75 Å². The van der Waals surface area contributed by atoms with Crippen LogP contribution in [0.3, 0.4) is 0 Å². The van der Waals surface area contributed by atoms with Crippen molar-refractivity contribution in [2.45, 2.75) is 25.1 Å². The summed E-state index contributed by atoms with van der Waals surface area (Å²) in [6, 6.07) is 5.84. The van der Waals surface area contributed by atoms with E-state index in [0.29, 0.717) is 29.8 Å². The fourth-order valence-corrected chi connectivity index (χ4v) is 7.89. The molecule has 212 valence electrons. The van der Waals surface area contributed by atoms with Crippen molar-refractivity contribution in [3.63, 3.8) is 0 Å². The number of methoxy groups -OCH3 is 1. The number of aromatic nitrogens is 3. The lowest BCUT2D eigenvalue weighted by Crippen LogP contribution is -2.38. The Kier molecular flexibility index (Phi) is 7.32. The van der Waals surface area contributed by atoms with Crippen molar-refractivity contribution in [3.05, 3.63) is 30.0 Å². The Labute approximate surface area is 224 Å². The Balaban J connectivity index is 1.43. The Morgan fingerprint density at radius 2 is 1.92 bits per heavy atom. The number of benzene rings is 1. The zero-order chi connectivity index (χ0) is 28.0. The Morgan fingerprint density at radius 1 is 1.21 bits per heavy atom. The lowest BCUT2D eigenvalue weighted by atomic mass is 10.2. The molecule has 1 saturated carbocycles. The maximum atomic E-state index is 13.7. The maximum Gasteiger partial charge on any atom is 0.418 e. The summed E-state index contributed by atoms with van der Waals surface area (Å²) < 4.78 is 83.2. The number of H-pyrrole nitrogens is 1. The van der Waals surface area contributed by atoms with Crippen molar-refractivity contribution in [2.75, 3.05) is 61.7 Å². The van der Waals surface area contributed by atoms with E-state index in [-0.39, 0.29) is 35.1 Å². The summed E-state index contributed by atoms with van der Waals surface area (Å²) in [4.78, 5) is 13.4. The topological polar surface area (TPSA) is 129 Å². The maximum absolute atomic E-state index is 13.7. The molecule has 1 saturated heterocycles. The van der Waals surface area contributed by atoms with E-state index in [1.807, 2.05) is 0 Å². The molecule has 0 radical (unpaired) electrons. The fraction of sp³-hybridized carbons (Fsp3) is 0.500. The minimum Gasteiger partial charge on any atom is -0.495 e. The molecule has 0 atom stereocenters. The Morgan fingerprint density at radius 3 is 2.54 bits per heavy atom. The van der Waals surface area contributed by atoms with Gasteiger partial charge in [0.1, 0.15) is 34.2 Å². The summed E-state index contributed by atoms with van der Waals surface area (Å²) in [6.45, 7) is 1.48. The van der Waals surface area contributed by atoms with E-state index >= 15 is 0 Å². The number of alkyl halides is 3. The first-order valence-electron chi connectivity index (χ1n) is 12.5. The molecule has 3 aromatic rings. The SMILES string of the molecule is COc1cc(P2(=O)CCN(C3CC3)CC2)ccc1Nc1nc(NCCS(C)(=O)=O)c2c(C(F)(F)F)c[nH]c2n1. The molecule has 3 N–H and O–H groups in total. The van der Waals surface area contributed by atoms with Crippen molar-refractivity contribution in [1.82, 2.24) is 19.9 Å². The average Bonchev–Trinajstić information content (AvgIpc) is 3.61. The normalized spacial score (nSPS) is 18.3. The zero-order valence-corrected chi connectivity index (χ0v) is 23.2. The molecular weight excluding hydrogens is 556 g/mol. The van der Waals surface area contributed by atoms with Gasteiger partial charge < -0.3 is 24.9 Å². The summed E-state index contributed by atoms with van der Waals surface area (Å²) >= 11 is 0. The van der Waals surface area contributed by atoms with Crippen LogP contribution >= 0.6 is 7.14 Å². The van der Waals surface area contributed by atoms with Crippen molar-refractivity contribution >= 4 is 50.8 Å². The number of nitrogens with one attached hydrogen (secondary N) is 3. The van der Waals surface area contributed by atoms with Gasteiger partial charge in [-0.1, -0.05) is 0 Å². The van der Waals surface area contributed by atoms with E-state index < -0.39 is 28.7 Å². The van der Waals surface area contributed by atoms with Crippen LogP contribution in [-0.4, -0.2) is 85.4 Å². The number of rotatable bonds is 9. The molecule has 2 aromatic heterocycles. The minimum absolute atomic E-state index is 0.0321. The molecule has 0 bridgehead atoms. The molecule has 0 unspecified atom stereocenters. The largest absolute Gasteiger partial charge is 0.495 e. The number of fused-ring (bicyclic) bond motifs is 1. The van der Waals surface area contributed by atoms with Crippen LogP contribution < -0.4 is 20.7 Å². The molecule has 0 amide bonds. The summed E-state index contributed by atoms with van der Waals surface area (Å²) in [5.74, 6) is -0.0940. The molecule has 39 heavy (non-hydrogen) atoms. The molecule has 5 rings (SSSR count). The number of hydrogen-bond donors (Lipinski definition) is 3. The number of halogens is 3. The highest BCUT2D eigenvalue weighted by molar-refractivity contribution is 7.90. The monoisotopic (exact) mass is 586 g/mol. The van der Waals surface area contributed by atoms with Gasteiger partial charge in [-0.3, -0.25) is 4.90 Å². The van der Waals surface area contributed by atoms with Gasteiger partial charge in [0.25, 0.3) is 0 Å². The van der Waals surface area contributed by atoms with E-state index in [4.69, 9.17) is 4.74 Å². The number of aromatic amines is 1. The highest BCUT2D eigenvalue weighted by Crippen LogP contribution is 2.49. The van der Waals surface area contributed by atoms with E-state index in [1.165, 1.54) is 20.0 Å². The van der Waals surface area contributed by atoms with Gasteiger partial charge in [-0.25, -0.2) is 8.42 Å². The molecule has 1 aliphatic heterocycles. The molecule has 2 aliphatic rings. The number of sulfone groups is 1. The van der Waals surface area contributed by atoms with Crippen LogP contribution in [0.1, 0.15) is 18.4 Å². The third kappa shape index (κ3) is 6.17. The van der Waals surface area contributed by atoms with E-state index in [0.717, 1.165) is 30.8 Å². The fourth-order valence-electron chi connectivity index (χ4n) is 4.82. The third-order valence-corrected chi connectivity index (χ3v) is 11.1. The summed E-state index contributed by atoms with van der Waals surface area (Å²) in [5, 5.41) is 6.12. The van der Waals surface area contributed by atoms with Crippen LogP contribution in [0.25, 0.3) is 11.0 Å². The third-order valence-electron chi connectivity index (χ3n) is 7.06. The van der Waals surface area contributed by atoms with Gasteiger partial charge >= 0.3 is 6.18 Å². The minimum atomic E-state index is -4.67. The molecule has 3 heterocycles. The predicted octanol–water partition coefficient (Wildman–Crippen LogP) is 3.65. The van der Waals surface area contributed by atoms with Gasteiger partial charge in [0.15, 0.2) is 0 Å². The molecule has 1 aliphatic carbocycles. The molecule has 2 fully saturated rings. The molecule has 0 spiro atoms. The standard InChI is InChI=1S/C24H30F3N6O4PS/c1-37-19-13-16(38(34)10-8-33(9-11-38)15-3-4-15)5-6-18(19)30-23-31-21(28-7-12-39(2,35)36)20-17(24(25,26)27)14-29-22(20)32-23/h5-6,13-15H,3-4,7-12H2,1-2H3,(H3,28,29,30,31,32). The van der Waals surface area contributed by atoms with Crippen molar-refractivity contribution in [1.29, 1.82) is 0 Å². The van der Waals surface area contributed by atoms with Gasteiger partial charge in [0, 0.05) is 55.8 Å². The van der Waals surface area contributed by atoms with Gasteiger partial charge in [-0.2, -0.15) is 23.1 Å². The van der Waals surface area contributed by atoms with Crippen LogP contribution in [0.2, 0.25) is 0 Å². The number of anilines is 3. The first-order valence-corrected chi connectivity index (χ1v) is 16.7. The average molecular weight is 587 g/mol. The number of ether oxygens (including phenoxy) is 1. The Bertz CT molecular complexity index is 1530. The van der Waals surface area contributed by atoms with Crippen LogP contribution in [0.5, 0.6) is 5.75 Å². The van der Waals surface area contributed by atoms with E-state index in [1.54, 1.807) is 18.2 Å². The van der Waals surface area contributed by atoms with Crippen LogP contribution in [-0.2, 0) is 20.6 Å². The van der Waals surface area contributed by atoms with Gasteiger partial charge in [-0.15, -0.1) is 0 Å². The second-order valence-corrected chi connectivity index (χ2v) is 15.4. The Hall–Kier alpha value is -2.83. The second-order valence-electron chi connectivity index (χ2n) is 9.99. The number of nitrogens with zero attached hydrogens (tertiary/aromatic N) is 3. The van der Waals surface area contributed by atoms with Crippen molar-refractivity contribution < 1.29 is 30.9 Å². The molecule has 1 aromatic carbocycles. The summed E-state index contributed by atoms with van der Waals surface area (Å²) in [6.07, 6.45) is 0.797. The zero-order valence-electron chi connectivity index (χ0n) is 21.5. The van der Waals surface area contributed by atoms with Crippen molar-refractivity contribution in [2.24, 2.45) is 0 Å². The molecule has 15 heteroatoms. The van der Waals surface area contributed by atoms with Crippen LogP contribution in [0, 0.1) is 0 Å². The lowest BCUT2D eigenvalue weighted by molar-refractivity contribution is -0.136. The van der Waals surface area contributed by atoms with Gasteiger partial charge in [0.2, 0.25) is 5.95 Å². The molecular formula is C24H30F3N6O4PS. The predicted molar refractivity (Wildman–Crippen MR) is 145 cm³/mol. The van der Waals surface area contributed by atoms with Crippen LogP contribution in [0.15, 0.2) is 24.4 Å². The van der Waals surface area contributed by atoms with Gasteiger partial charge in [0.05, 0.1) is 29.5 Å². The molecule has 10 nitrogen and oxygen atoms in total. The highest BCUT2D eigenvalue weighted by atomic mass is 32.2. The summed E-state index contributed by atoms with van der Waals surface area (Å²) in [5.41, 5.74) is -0.608. The second kappa shape index (κ2) is 10.3. The highest BCUT2D eigenvalue weighted by Gasteiger charge is 2.37. The summed E-state index contributed by atoms with van der Waals surface area (Å²) in [7, 11) is -4.47. The lowest BCUT2D eigenvalue weighted by Gasteiger charge is -2.32. The first kappa shape index (κ1) is 27.7. The van der Waals surface area contributed by atoms with E-state index in [2.05, 4.69) is 30.5 Å².